The van der Waals surface area contributed by atoms with Gasteiger partial charge in [0.15, 0.2) is 5.78 Å². The van der Waals surface area contributed by atoms with Gasteiger partial charge in [-0.05, 0) is 49.1 Å². The zero-order valence-corrected chi connectivity index (χ0v) is 17.9. The number of carbonyl (C=O) groups is 1. The SMILES string of the molecule is COc1ccccc1Nc1nc2c(c(Nc3ccc(C)c(Cl)c3)n1)C(=O)CC(C)C2. The standard InChI is InChI=1S/C23H23ClN4O2/c1-13-10-18-21(19(29)11-13)22(25-15-9-8-14(2)16(24)12-15)28-23(27-18)26-17-6-4-5-7-20(17)30-3/h4-9,12-13H,10-11H2,1-3H3,(H2,25,26,27,28). The Morgan fingerprint density at radius 3 is 2.67 bits per heavy atom. The number of benzene rings is 2. The number of nitrogens with zero attached hydrogens (tertiary/aromatic N) is 2. The van der Waals surface area contributed by atoms with Crippen LogP contribution in [-0.4, -0.2) is 22.9 Å². The molecule has 6 nitrogen and oxygen atoms in total. The van der Waals surface area contributed by atoms with Crippen molar-refractivity contribution in [2.75, 3.05) is 17.7 Å². The molecular formula is C23H23ClN4O2. The Kier molecular flexibility index (Phi) is 5.59. The number of fused-ring (bicyclic) bond motifs is 1. The molecule has 1 aliphatic carbocycles. The molecule has 1 aromatic heterocycles. The zero-order chi connectivity index (χ0) is 21.3. The van der Waals surface area contributed by atoms with Crippen LogP contribution in [0.3, 0.4) is 0 Å². The lowest BCUT2D eigenvalue weighted by atomic mass is 9.87. The number of halogens is 1. The largest absolute Gasteiger partial charge is 0.495 e. The molecule has 1 heterocycles. The van der Waals surface area contributed by atoms with E-state index in [4.69, 9.17) is 16.3 Å². The molecule has 7 heteroatoms. The van der Waals surface area contributed by atoms with E-state index in [9.17, 15) is 4.79 Å². The Morgan fingerprint density at radius 2 is 1.90 bits per heavy atom. The number of rotatable bonds is 5. The maximum absolute atomic E-state index is 12.8. The Hall–Kier alpha value is -3.12. The topological polar surface area (TPSA) is 76.1 Å². The van der Waals surface area contributed by atoms with Crippen molar-refractivity contribution in [2.24, 2.45) is 5.92 Å². The van der Waals surface area contributed by atoms with E-state index in [-0.39, 0.29) is 11.7 Å². The minimum Gasteiger partial charge on any atom is -0.495 e. The Bertz CT molecular complexity index is 1120. The van der Waals surface area contributed by atoms with Crippen LogP contribution in [0.1, 0.15) is 35.0 Å². The molecule has 0 spiro atoms. The highest BCUT2D eigenvalue weighted by molar-refractivity contribution is 6.31. The minimum atomic E-state index is 0.0494. The molecule has 2 aromatic carbocycles. The molecule has 30 heavy (non-hydrogen) atoms. The van der Waals surface area contributed by atoms with Crippen molar-refractivity contribution in [1.29, 1.82) is 0 Å². The second-order valence-electron chi connectivity index (χ2n) is 7.57. The zero-order valence-electron chi connectivity index (χ0n) is 17.1. The predicted molar refractivity (Wildman–Crippen MR) is 120 cm³/mol. The molecule has 0 bridgehead atoms. The summed E-state index contributed by atoms with van der Waals surface area (Å²) in [4.78, 5) is 22.1. The summed E-state index contributed by atoms with van der Waals surface area (Å²) in [7, 11) is 1.61. The molecule has 1 unspecified atom stereocenters. The average Bonchev–Trinajstić information content (AvgIpc) is 2.70. The summed E-state index contributed by atoms with van der Waals surface area (Å²) in [6, 6.07) is 13.2. The van der Waals surface area contributed by atoms with Gasteiger partial charge in [0.25, 0.3) is 0 Å². The van der Waals surface area contributed by atoms with Gasteiger partial charge in [-0.1, -0.05) is 36.7 Å². The summed E-state index contributed by atoms with van der Waals surface area (Å²) in [5.74, 6) is 1.85. The van der Waals surface area contributed by atoms with Crippen molar-refractivity contribution in [3.8, 4) is 5.75 Å². The Morgan fingerprint density at radius 1 is 1.10 bits per heavy atom. The third-order valence-electron chi connectivity index (χ3n) is 5.13. The lowest BCUT2D eigenvalue weighted by molar-refractivity contribution is 0.0953. The van der Waals surface area contributed by atoms with Crippen LogP contribution < -0.4 is 15.4 Å². The second kappa shape index (κ2) is 8.32. The molecule has 1 aliphatic rings. The first kappa shape index (κ1) is 20.2. The quantitative estimate of drug-likeness (QED) is 0.549. The van der Waals surface area contributed by atoms with Crippen molar-refractivity contribution in [1.82, 2.24) is 9.97 Å². The number of Topliss-reactive ketones (excluding diaryl/α,β-unsaturated/α-hetero) is 1. The highest BCUT2D eigenvalue weighted by Crippen LogP contribution is 2.33. The third kappa shape index (κ3) is 4.09. The number of nitrogens with one attached hydrogen (secondary N) is 2. The Balaban J connectivity index is 1.77. The van der Waals surface area contributed by atoms with E-state index in [1.54, 1.807) is 7.11 Å². The first-order chi connectivity index (χ1) is 14.4. The first-order valence-electron chi connectivity index (χ1n) is 9.82. The van der Waals surface area contributed by atoms with E-state index in [1.165, 1.54) is 0 Å². The number of methoxy groups -OCH3 is 1. The first-order valence-corrected chi connectivity index (χ1v) is 10.2. The molecule has 0 aliphatic heterocycles. The van der Waals surface area contributed by atoms with Gasteiger partial charge in [-0.2, -0.15) is 4.98 Å². The number of aromatic nitrogens is 2. The van der Waals surface area contributed by atoms with Crippen molar-refractivity contribution >= 4 is 40.5 Å². The van der Waals surface area contributed by atoms with Gasteiger partial charge in [-0.25, -0.2) is 4.98 Å². The van der Waals surface area contributed by atoms with Crippen LogP contribution in [0.4, 0.5) is 23.1 Å². The lowest BCUT2D eigenvalue weighted by Crippen LogP contribution is -2.22. The summed E-state index contributed by atoms with van der Waals surface area (Å²) >= 11 is 6.28. The summed E-state index contributed by atoms with van der Waals surface area (Å²) in [5.41, 5.74) is 3.79. The summed E-state index contributed by atoms with van der Waals surface area (Å²) in [5, 5.41) is 7.15. The van der Waals surface area contributed by atoms with E-state index < -0.39 is 0 Å². The molecule has 0 amide bonds. The van der Waals surface area contributed by atoms with Gasteiger partial charge in [-0.15, -0.1) is 0 Å². The van der Waals surface area contributed by atoms with Crippen molar-refractivity contribution in [3.05, 3.63) is 64.3 Å². The van der Waals surface area contributed by atoms with Crippen LogP contribution >= 0.6 is 11.6 Å². The molecular weight excluding hydrogens is 400 g/mol. The average molecular weight is 423 g/mol. The summed E-state index contributed by atoms with van der Waals surface area (Å²) in [6.07, 6.45) is 1.20. The van der Waals surface area contributed by atoms with Crippen LogP contribution in [0.25, 0.3) is 0 Å². The fourth-order valence-corrected chi connectivity index (χ4v) is 3.77. The third-order valence-corrected chi connectivity index (χ3v) is 5.53. The molecule has 0 saturated carbocycles. The predicted octanol–water partition coefficient (Wildman–Crippen LogP) is 5.70. The molecule has 1 atom stereocenters. The molecule has 2 N–H and O–H groups in total. The molecule has 3 aromatic rings. The van der Waals surface area contributed by atoms with Gasteiger partial charge in [0.1, 0.15) is 11.6 Å². The second-order valence-corrected chi connectivity index (χ2v) is 7.98. The van der Waals surface area contributed by atoms with E-state index >= 15 is 0 Å². The van der Waals surface area contributed by atoms with Crippen LogP contribution in [0.5, 0.6) is 5.75 Å². The maximum Gasteiger partial charge on any atom is 0.229 e. The van der Waals surface area contributed by atoms with Crippen LogP contribution in [0, 0.1) is 12.8 Å². The summed E-state index contributed by atoms with van der Waals surface area (Å²) < 4.78 is 5.41. The monoisotopic (exact) mass is 422 g/mol. The van der Waals surface area contributed by atoms with E-state index in [1.807, 2.05) is 49.4 Å². The van der Waals surface area contributed by atoms with Crippen LogP contribution in [-0.2, 0) is 6.42 Å². The van der Waals surface area contributed by atoms with Crippen LogP contribution in [0.15, 0.2) is 42.5 Å². The fraction of sp³-hybridized carbons (Fsp3) is 0.261. The number of anilines is 4. The number of aryl methyl sites for hydroxylation is 1. The van der Waals surface area contributed by atoms with Crippen LogP contribution in [0.2, 0.25) is 5.02 Å². The van der Waals surface area contributed by atoms with Crippen molar-refractivity contribution in [3.63, 3.8) is 0 Å². The fourth-order valence-electron chi connectivity index (χ4n) is 3.59. The molecule has 154 valence electrons. The Labute approximate surface area is 180 Å². The molecule has 0 saturated heterocycles. The smallest absolute Gasteiger partial charge is 0.229 e. The van der Waals surface area contributed by atoms with Gasteiger partial charge in [0, 0.05) is 17.1 Å². The minimum absolute atomic E-state index is 0.0494. The lowest BCUT2D eigenvalue weighted by Gasteiger charge is -2.23. The van der Waals surface area contributed by atoms with Crippen molar-refractivity contribution < 1.29 is 9.53 Å². The maximum atomic E-state index is 12.8. The number of para-hydroxylation sites is 2. The van der Waals surface area contributed by atoms with Gasteiger partial charge in [0.2, 0.25) is 5.95 Å². The number of hydrogen-bond donors (Lipinski definition) is 2. The van der Waals surface area contributed by atoms with E-state index in [0.29, 0.717) is 40.9 Å². The van der Waals surface area contributed by atoms with Gasteiger partial charge < -0.3 is 15.4 Å². The van der Waals surface area contributed by atoms with Crippen molar-refractivity contribution in [2.45, 2.75) is 26.7 Å². The normalized spacial score (nSPS) is 15.5. The number of ketones is 1. The number of carbonyl (C=O) groups excluding carboxylic acids is 1. The molecule has 4 rings (SSSR count). The summed E-state index contributed by atoms with van der Waals surface area (Å²) in [6.45, 7) is 4.00. The highest BCUT2D eigenvalue weighted by atomic mass is 35.5. The molecule has 0 radical (unpaired) electrons. The van der Waals surface area contributed by atoms with Gasteiger partial charge in [0.05, 0.1) is 24.1 Å². The highest BCUT2D eigenvalue weighted by Gasteiger charge is 2.28. The number of hydrogen-bond acceptors (Lipinski definition) is 6. The van der Waals surface area contributed by atoms with Gasteiger partial charge in [-0.3, -0.25) is 4.79 Å². The van der Waals surface area contributed by atoms with Gasteiger partial charge >= 0.3 is 0 Å². The molecule has 0 fully saturated rings. The van der Waals surface area contributed by atoms with E-state index in [2.05, 4.69) is 27.5 Å². The van der Waals surface area contributed by atoms with E-state index in [0.717, 1.165) is 22.6 Å². The number of ether oxygens (including phenoxy) is 1.